The maximum atomic E-state index is 9.21. The number of hydrogen-bond donors (Lipinski definition) is 6. The van der Waals surface area contributed by atoms with E-state index in [4.69, 9.17) is 25.2 Å². The lowest BCUT2D eigenvalue weighted by atomic mass is 10.0. The second-order valence-electron chi connectivity index (χ2n) is 2.86. The Labute approximate surface area is 88.0 Å². The van der Waals surface area contributed by atoms with Crippen molar-refractivity contribution in [2.24, 2.45) is 0 Å². The summed E-state index contributed by atoms with van der Waals surface area (Å²) < 4.78 is 0. The molecular weight excluding hydrogens is 206 g/mol. The third-order valence-electron chi connectivity index (χ3n) is 1.74. The minimum absolute atomic E-state index is 0.0936. The lowest BCUT2D eigenvalue weighted by molar-refractivity contribution is -0.113. The first-order valence-electron chi connectivity index (χ1n) is 4.31. The minimum Gasteiger partial charge on any atom is -0.394 e. The molecule has 4 atom stereocenters. The van der Waals surface area contributed by atoms with Crippen LogP contribution in [0.25, 0.3) is 0 Å². The lowest BCUT2D eigenvalue weighted by Gasteiger charge is -2.25. The molecule has 6 N–H and O–H groups in total. The molecule has 0 fully saturated rings. The highest BCUT2D eigenvalue weighted by Crippen LogP contribution is 2.04. The van der Waals surface area contributed by atoms with Crippen LogP contribution in [0.5, 0.6) is 0 Å². The molecule has 0 aliphatic heterocycles. The van der Waals surface area contributed by atoms with Crippen molar-refractivity contribution >= 4 is 6.79 Å². The van der Waals surface area contributed by atoms with Gasteiger partial charge in [0.2, 0.25) is 0 Å². The molecule has 92 valence electrons. The van der Waals surface area contributed by atoms with Crippen molar-refractivity contribution in [2.75, 3.05) is 20.2 Å². The zero-order chi connectivity index (χ0) is 12.4. The van der Waals surface area contributed by atoms with Crippen LogP contribution in [0.15, 0.2) is 0 Å². The molecule has 7 nitrogen and oxygen atoms in total. The summed E-state index contributed by atoms with van der Waals surface area (Å²) in [6.45, 7) is 1.43. The zero-order valence-corrected chi connectivity index (χ0v) is 8.58. The van der Waals surface area contributed by atoms with Gasteiger partial charge in [-0.1, -0.05) is 0 Å². The van der Waals surface area contributed by atoms with Crippen molar-refractivity contribution < 1.29 is 30.3 Å². The first kappa shape index (κ1) is 16.8. The summed E-state index contributed by atoms with van der Waals surface area (Å²) in [6, 6.07) is 0. The SMILES string of the molecule is C=O.CNCC(O)C(O)C(O)C(O)CO. The molecule has 0 rings (SSSR count). The number of hydrogen-bond acceptors (Lipinski definition) is 7. The lowest BCUT2D eigenvalue weighted by Crippen LogP contribution is -2.48. The van der Waals surface area contributed by atoms with Gasteiger partial charge in [0.05, 0.1) is 12.7 Å². The van der Waals surface area contributed by atoms with Gasteiger partial charge < -0.3 is 35.6 Å². The Hall–Kier alpha value is -0.570. The molecule has 7 heteroatoms. The summed E-state index contributed by atoms with van der Waals surface area (Å²) in [4.78, 5) is 8.00. The molecule has 0 aromatic heterocycles. The Morgan fingerprint density at radius 3 is 1.80 bits per heavy atom. The van der Waals surface area contributed by atoms with Crippen LogP contribution >= 0.6 is 0 Å². The summed E-state index contributed by atoms with van der Waals surface area (Å²) in [7, 11) is 1.57. The first-order valence-corrected chi connectivity index (χ1v) is 4.31. The monoisotopic (exact) mass is 225 g/mol. The van der Waals surface area contributed by atoms with E-state index in [1.165, 1.54) is 0 Å². The number of aliphatic hydroxyl groups excluding tert-OH is 5. The van der Waals surface area contributed by atoms with E-state index in [2.05, 4.69) is 5.32 Å². The highest BCUT2D eigenvalue weighted by Gasteiger charge is 2.29. The predicted molar refractivity (Wildman–Crippen MR) is 52.2 cm³/mol. The topological polar surface area (TPSA) is 130 Å². The number of likely N-dealkylation sites (N-methyl/N-ethyl adjacent to an activating group) is 1. The number of carbonyl (C=O) groups is 1. The normalized spacial score (nSPS) is 18.3. The van der Waals surface area contributed by atoms with Crippen molar-refractivity contribution in [3.63, 3.8) is 0 Å². The number of aliphatic hydroxyl groups is 5. The number of rotatable bonds is 6. The third kappa shape index (κ3) is 6.50. The van der Waals surface area contributed by atoms with Gasteiger partial charge in [-0.2, -0.15) is 0 Å². The molecule has 0 bridgehead atoms. The van der Waals surface area contributed by atoms with Crippen LogP contribution in [0.4, 0.5) is 0 Å². The van der Waals surface area contributed by atoms with Gasteiger partial charge in [0.15, 0.2) is 0 Å². The Morgan fingerprint density at radius 2 is 1.47 bits per heavy atom. The average Bonchev–Trinajstić information content (AvgIpc) is 2.29. The molecule has 0 heterocycles. The van der Waals surface area contributed by atoms with Gasteiger partial charge in [0.1, 0.15) is 25.1 Å². The molecule has 0 aliphatic rings. The fourth-order valence-corrected chi connectivity index (χ4v) is 0.893. The van der Waals surface area contributed by atoms with E-state index < -0.39 is 31.0 Å². The van der Waals surface area contributed by atoms with Crippen LogP contribution in [-0.2, 0) is 4.79 Å². The van der Waals surface area contributed by atoms with Crippen LogP contribution in [0.1, 0.15) is 0 Å². The quantitative estimate of drug-likeness (QED) is 0.276. The van der Waals surface area contributed by atoms with Gasteiger partial charge in [-0.25, -0.2) is 0 Å². The summed E-state index contributed by atoms with van der Waals surface area (Å²) >= 11 is 0. The maximum Gasteiger partial charge on any atom is 0.111 e. The van der Waals surface area contributed by atoms with Gasteiger partial charge >= 0.3 is 0 Å². The van der Waals surface area contributed by atoms with Gasteiger partial charge in [0.25, 0.3) is 0 Å². The van der Waals surface area contributed by atoms with Crippen molar-refractivity contribution in [1.29, 1.82) is 0 Å². The number of nitrogens with one attached hydrogen (secondary N) is 1. The molecule has 0 aliphatic carbocycles. The summed E-state index contributed by atoms with van der Waals surface area (Å²) in [5.41, 5.74) is 0. The van der Waals surface area contributed by atoms with Gasteiger partial charge in [-0.15, -0.1) is 0 Å². The van der Waals surface area contributed by atoms with Gasteiger partial charge in [-0.3, -0.25) is 0 Å². The fourth-order valence-electron chi connectivity index (χ4n) is 0.893. The average molecular weight is 225 g/mol. The van der Waals surface area contributed by atoms with Gasteiger partial charge in [0, 0.05) is 6.54 Å². The van der Waals surface area contributed by atoms with Gasteiger partial charge in [-0.05, 0) is 7.05 Å². The van der Waals surface area contributed by atoms with Crippen LogP contribution in [0.2, 0.25) is 0 Å². The zero-order valence-electron chi connectivity index (χ0n) is 8.58. The molecule has 0 saturated carbocycles. The standard InChI is InChI=1S/C7H17NO5.CH2O/c1-8-2-4(10)6(12)7(13)5(11)3-9;1-2/h4-13H,2-3H2,1H3;1H2. The van der Waals surface area contributed by atoms with Crippen LogP contribution < -0.4 is 5.32 Å². The summed E-state index contributed by atoms with van der Waals surface area (Å²) in [5.74, 6) is 0. The molecule has 0 aromatic carbocycles. The highest BCUT2D eigenvalue weighted by molar-refractivity contribution is 5.10. The third-order valence-corrected chi connectivity index (χ3v) is 1.74. The number of carbonyl (C=O) groups excluding carboxylic acids is 1. The maximum absolute atomic E-state index is 9.21. The summed E-state index contributed by atoms with van der Waals surface area (Å²) in [6.07, 6.45) is -5.65. The van der Waals surface area contributed by atoms with Crippen LogP contribution in [0, 0.1) is 0 Å². The van der Waals surface area contributed by atoms with Crippen LogP contribution in [-0.4, -0.2) is 76.9 Å². The molecule has 0 saturated heterocycles. The smallest absolute Gasteiger partial charge is 0.111 e. The Bertz CT molecular complexity index is 147. The molecular formula is C8H19NO6. The van der Waals surface area contributed by atoms with Crippen molar-refractivity contribution in [3.05, 3.63) is 0 Å². The van der Waals surface area contributed by atoms with Crippen molar-refractivity contribution in [2.45, 2.75) is 24.4 Å². The molecule has 0 radical (unpaired) electrons. The van der Waals surface area contributed by atoms with E-state index in [0.717, 1.165) is 0 Å². The van der Waals surface area contributed by atoms with E-state index in [9.17, 15) is 5.11 Å². The Morgan fingerprint density at radius 1 is 1.07 bits per heavy atom. The highest BCUT2D eigenvalue weighted by atomic mass is 16.4. The molecule has 0 aromatic rings. The van der Waals surface area contributed by atoms with Crippen molar-refractivity contribution in [3.8, 4) is 0 Å². The molecule has 15 heavy (non-hydrogen) atoms. The van der Waals surface area contributed by atoms with E-state index in [1.807, 2.05) is 6.79 Å². The fraction of sp³-hybridized carbons (Fsp3) is 0.875. The Balaban J connectivity index is 0. The second kappa shape index (κ2) is 9.97. The van der Waals surface area contributed by atoms with Crippen LogP contribution in [0.3, 0.4) is 0 Å². The van der Waals surface area contributed by atoms with E-state index in [0.29, 0.717) is 0 Å². The van der Waals surface area contributed by atoms with Crippen molar-refractivity contribution in [1.82, 2.24) is 5.32 Å². The molecule has 0 amide bonds. The van der Waals surface area contributed by atoms with E-state index in [1.54, 1.807) is 7.05 Å². The second-order valence-corrected chi connectivity index (χ2v) is 2.86. The largest absolute Gasteiger partial charge is 0.394 e. The van der Waals surface area contributed by atoms with E-state index in [-0.39, 0.29) is 6.54 Å². The van der Waals surface area contributed by atoms with E-state index >= 15 is 0 Å². The minimum atomic E-state index is -1.55. The Kier molecular flexibility index (Phi) is 11.2. The molecule has 4 unspecified atom stereocenters. The predicted octanol–water partition coefficient (Wildman–Crippen LogP) is -3.54. The molecule has 0 spiro atoms. The first-order chi connectivity index (χ1) is 7.04. The summed E-state index contributed by atoms with van der Waals surface area (Å²) in [5, 5.41) is 47.5.